The standard InChI is InChI=1S/C7H2BrClF3NO/c8-2-1-3(5(9)14)13-7(12)4(2)6(10)11/h1,6H. The Bertz CT molecular complexity index is 362. The summed E-state index contributed by atoms with van der Waals surface area (Å²) in [5.41, 5.74) is -1.30. The van der Waals surface area contributed by atoms with Crippen LogP contribution >= 0.6 is 27.5 Å². The zero-order valence-electron chi connectivity index (χ0n) is 6.40. The minimum atomic E-state index is -3.00. The smallest absolute Gasteiger partial charge is 0.270 e. The number of nitrogens with zero attached hydrogens (tertiary/aromatic N) is 1. The van der Waals surface area contributed by atoms with Crippen LogP contribution in [0.2, 0.25) is 0 Å². The number of hydrogen-bond donors (Lipinski definition) is 0. The maximum Gasteiger partial charge on any atom is 0.270 e. The Labute approximate surface area is 90.2 Å². The number of pyridine rings is 1. The molecule has 1 aromatic heterocycles. The first-order chi connectivity index (χ1) is 6.43. The summed E-state index contributed by atoms with van der Waals surface area (Å²) in [5, 5.41) is -1.01. The summed E-state index contributed by atoms with van der Waals surface area (Å²) in [6, 6.07) is 0.944. The Morgan fingerprint density at radius 1 is 1.57 bits per heavy atom. The number of alkyl halides is 2. The number of carbonyl (C=O) groups is 1. The minimum Gasteiger partial charge on any atom is -0.274 e. The number of rotatable bonds is 2. The van der Waals surface area contributed by atoms with E-state index in [-0.39, 0.29) is 4.47 Å². The Morgan fingerprint density at radius 3 is 2.50 bits per heavy atom. The molecule has 0 aliphatic carbocycles. The molecule has 0 bridgehead atoms. The summed E-state index contributed by atoms with van der Waals surface area (Å²) >= 11 is 7.70. The molecule has 0 fully saturated rings. The molecule has 1 heterocycles. The zero-order chi connectivity index (χ0) is 10.9. The molecule has 0 aromatic carbocycles. The molecule has 14 heavy (non-hydrogen) atoms. The summed E-state index contributed by atoms with van der Waals surface area (Å²) in [6.45, 7) is 0. The van der Waals surface area contributed by atoms with Gasteiger partial charge in [0, 0.05) is 4.47 Å². The van der Waals surface area contributed by atoms with Gasteiger partial charge >= 0.3 is 0 Å². The number of aromatic nitrogens is 1. The second-order valence-electron chi connectivity index (χ2n) is 2.27. The van der Waals surface area contributed by atoms with Crippen LogP contribution in [0, 0.1) is 5.95 Å². The molecule has 7 heteroatoms. The van der Waals surface area contributed by atoms with Crippen LogP contribution in [-0.2, 0) is 0 Å². The van der Waals surface area contributed by atoms with Gasteiger partial charge in [0.05, 0.1) is 5.56 Å². The fourth-order valence-corrected chi connectivity index (χ4v) is 1.44. The normalized spacial score (nSPS) is 10.7. The first kappa shape index (κ1) is 11.5. The quantitative estimate of drug-likeness (QED) is 0.617. The Kier molecular flexibility index (Phi) is 3.49. The van der Waals surface area contributed by atoms with Crippen LogP contribution in [0.4, 0.5) is 13.2 Å². The van der Waals surface area contributed by atoms with Gasteiger partial charge in [-0.05, 0) is 17.7 Å². The molecular weight excluding hydrogens is 286 g/mol. The Morgan fingerprint density at radius 2 is 2.14 bits per heavy atom. The molecule has 2 nitrogen and oxygen atoms in total. The van der Waals surface area contributed by atoms with Crippen LogP contribution in [0.25, 0.3) is 0 Å². The van der Waals surface area contributed by atoms with Crippen LogP contribution in [0.15, 0.2) is 10.5 Å². The average Bonchev–Trinajstić information content (AvgIpc) is 2.01. The van der Waals surface area contributed by atoms with Crippen LogP contribution in [0.3, 0.4) is 0 Å². The van der Waals surface area contributed by atoms with Crippen molar-refractivity contribution in [3.63, 3.8) is 0 Å². The van der Waals surface area contributed by atoms with Crippen molar-refractivity contribution in [2.45, 2.75) is 6.43 Å². The molecule has 1 aromatic rings. The fraction of sp³-hybridized carbons (Fsp3) is 0.143. The van der Waals surface area contributed by atoms with E-state index in [9.17, 15) is 18.0 Å². The van der Waals surface area contributed by atoms with Crippen LogP contribution in [0.1, 0.15) is 22.5 Å². The molecule has 0 N–H and O–H groups in total. The largest absolute Gasteiger partial charge is 0.274 e. The van der Waals surface area contributed by atoms with E-state index in [0.717, 1.165) is 6.07 Å². The van der Waals surface area contributed by atoms with Crippen LogP contribution < -0.4 is 0 Å². The highest BCUT2D eigenvalue weighted by Crippen LogP contribution is 2.29. The summed E-state index contributed by atoms with van der Waals surface area (Å²) in [7, 11) is 0. The fourth-order valence-electron chi connectivity index (χ4n) is 0.790. The SMILES string of the molecule is O=C(Cl)c1cc(Br)c(C(F)F)c(F)n1. The van der Waals surface area contributed by atoms with E-state index in [0.29, 0.717) is 0 Å². The lowest BCUT2D eigenvalue weighted by Crippen LogP contribution is -2.02. The third-order valence-electron chi connectivity index (χ3n) is 1.38. The van der Waals surface area contributed by atoms with E-state index < -0.39 is 28.9 Å². The summed E-state index contributed by atoms with van der Waals surface area (Å²) in [4.78, 5) is 13.6. The highest BCUT2D eigenvalue weighted by atomic mass is 79.9. The highest BCUT2D eigenvalue weighted by Gasteiger charge is 2.21. The molecule has 76 valence electrons. The lowest BCUT2D eigenvalue weighted by atomic mass is 10.2. The van der Waals surface area contributed by atoms with E-state index in [1.165, 1.54) is 0 Å². The molecule has 1 rings (SSSR count). The molecule has 0 saturated heterocycles. The van der Waals surface area contributed by atoms with E-state index in [1.807, 2.05) is 0 Å². The Balaban J connectivity index is 3.32. The lowest BCUT2D eigenvalue weighted by molar-refractivity contribution is 0.107. The zero-order valence-corrected chi connectivity index (χ0v) is 8.74. The third kappa shape index (κ3) is 2.24. The maximum atomic E-state index is 12.9. The number of halogens is 5. The minimum absolute atomic E-state index is 0.232. The number of carbonyl (C=O) groups excluding carboxylic acids is 1. The van der Waals surface area contributed by atoms with Crippen molar-refractivity contribution in [2.75, 3.05) is 0 Å². The van der Waals surface area contributed by atoms with Gasteiger partial charge in [-0.1, -0.05) is 15.9 Å². The number of hydrogen-bond acceptors (Lipinski definition) is 2. The first-order valence-corrected chi connectivity index (χ1v) is 4.44. The topological polar surface area (TPSA) is 30.0 Å². The van der Waals surface area contributed by atoms with E-state index >= 15 is 0 Å². The first-order valence-electron chi connectivity index (χ1n) is 3.27. The van der Waals surface area contributed by atoms with Crippen molar-refractivity contribution in [1.82, 2.24) is 4.98 Å². The second kappa shape index (κ2) is 4.27. The maximum absolute atomic E-state index is 12.9. The van der Waals surface area contributed by atoms with Crippen molar-refractivity contribution < 1.29 is 18.0 Å². The van der Waals surface area contributed by atoms with E-state index in [2.05, 4.69) is 20.9 Å². The molecule has 0 unspecified atom stereocenters. The highest BCUT2D eigenvalue weighted by molar-refractivity contribution is 9.10. The van der Waals surface area contributed by atoms with Gasteiger partial charge in [0.15, 0.2) is 0 Å². The van der Waals surface area contributed by atoms with Gasteiger partial charge in [-0.25, -0.2) is 13.8 Å². The monoisotopic (exact) mass is 287 g/mol. The van der Waals surface area contributed by atoms with Gasteiger partial charge in [0.1, 0.15) is 5.69 Å². The molecule has 0 radical (unpaired) electrons. The van der Waals surface area contributed by atoms with Crippen molar-refractivity contribution >= 4 is 32.8 Å². The van der Waals surface area contributed by atoms with Gasteiger partial charge in [0.25, 0.3) is 11.7 Å². The third-order valence-corrected chi connectivity index (χ3v) is 2.23. The summed E-state index contributed by atoms with van der Waals surface area (Å²) in [5.74, 6) is -1.40. The predicted octanol–water partition coefficient (Wildman–Crippen LogP) is 3.30. The van der Waals surface area contributed by atoms with Crippen molar-refractivity contribution in [3.8, 4) is 0 Å². The molecular formula is C7H2BrClF3NO. The molecule has 0 aliphatic rings. The summed E-state index contributed by atoms with van der Waals surface area (Å²) in [6.07, 6.45) is -3.00. The van der Waals surface area contributed by atoms with Gasteiger partial charge < -0.3 is 0 Å². The van der Waals surface area contributed by atoms with E-state index in [4.69, 9.17) is 11.6 Å². The molecule has 0 aliphatic heterocycles. The average molecular weight is 288 g/mol. The predicted molar refractivity (Wildman–Crippen MR) is 47.0 cm³/mol. The van der Waals surface area contributed by atoms with Crippen molar-refractivity contribution in [2.24, 2.45) is 0 Å². The molecule has 0 spiro atoms. The van der Waals surface area contributed by atoms with Gasteiger partial charge in [-0.15, -0.1) is 0 Å². The molecule has 0 amide bonds. The van der Waals surface area contributed by atoms with E-state index in [1.54, 1.807) is 0 Å². The van der Waals surface area contributed by atoms with Gasteiger partial charge in [-0.3, -0.25) is 4.79 Å². The van der Waals surface area contributed by atoms with Gasteiger partial charge in [0.2, 0.25) is 5.95 Å². The van der Waals surface area contributed by atoms with Crippen LogP contribution in [-0.4, -0.2) is 10.2 Å². The molecule has 0 saturated carbocycles. The van der Waals surface area contributed by atoms with Gasteiger partial charge in [-0.2, -0.15) is 4.39 Å². The van der Waals surface area contributed by atoms with Crippen molar-refractivity contribution in [1.29, 1.82) is 0 Å². The van der Waals surface area contributed by atoms with Crippen molar-refractivity contribution in [3.05, 3.63) is 27.7 Å². The molecule has 0 atom stereocenters. The van der Waals surface area contributed by atoms with Crippen LogP contribution in [0.5, 0.6) is 0 Å². The second-order valence-corrected chi connectivity index (χ2v) is 3.47. The lowest BCUT2D eigenvalue weighted by Gasteiger charge is -2.04. The Hall–Kier alpha value is -0.620. The summed E-state index contributed by atoms with van der Waals surface area (Å²) < 4.78 is 37.0.